The van der Waals surface area contributed by atoms with E-state index in [0.29, 0.717) is 43.1 Å². The van der Waals surface area contributed by atoms with Crippen LogP contribution in [-0.2, 0) is 4.79 Å². The number of ketones is 1. The maximum Gasteiger partial charge on any atom is 0.270 e. The molecule has 2 heterocycles. The number of hydrogen-bond acceptors (Lipinski definition) is 4. The Kier molecular flexibility index (Phi) is 5.66. The molecule has 2 amide bonds. The quantitative estimate of drug-likeness (QED) is 0.783. The van der Waals surface area contributed by atoms with Gasteiger partial charge in [-0.05, 0) is 37.3 Å². The lowest BCUT2D eigenvalue weighted by molar-refractivity contribution is -0.117. The van der Waals surface area contributed by atoms with E-state index in [2.05, 4.69) is 10.3 Å². The number of nitrogens with zero attached hydrogens (tertiary/aromatic N) is 2. The van der Waals surface area contributed by atoms with Gasteiger partial charge in [-0.1, -0.05) is 0 Å². The molecule has 7 nitrogen and oxygen atoms in total. The molecule has 8 heteroatoms. The van der Waals surface area contributed by atoms with Crippen LogP contribution in [0.1, 0.15) is 27.8 Å². The first-order chi connectivity index (χ1) is 12.9. The van der Waals surface area contributed by atoms with Crippen molar-refractivity contribution in [2.75, 3.05) is 38.0 Å². The van der Waals surface area contributed by atoms with E-state index in [0.717, 1.165) is 0 Å². The smallest absolute Gasteiger partial charge is 0.270 e. The Bertz CT molecular complexity index is 839. The van der Waals surface area contributed by atoms with Gasteiger partial charge in [0.05, 0.1) is 6.54 Å². The number of nitrogens with one attached hydrogen (secondary N) is 2. The van der Waals surface area contributed by atoms with Gasteiger partial charge in [0.2, 0.25) is 5.91 Å². The molecule has 0 spiro atoms. The highest BCUT2D eigenvalue weighted by Crippen LogP contribution is 2.11. The summed E-state index contributed by atoms with van der Waals surface area (Å²) in [5, 5.41) is 2.72. The number of rotatable bonds is 5. The number of piperazine rings is 1. The lowest BCUT2D eigenvalue weighted by Crippen LogP contribution is -2.50. The molecule has 2 aromatic rings. The van der Waals surface area contributed by atoms with Crippen molar-refractivity contribution < 1.29 is 18.8 Å². The minimum Gasteiger partial charge on any atom is -0.356 e. The SMILES string of the molecule is CC(=O)c1c[nH]c(C(=O)N2CCN(CC(=O)Nc3ccc(F)cc3)CC2)c1. The largest absolute Gasteiger partial charge is 0.356 e. The van der Waals surface area contributed by atoms with Crippen molar-refractivity contribution in [3.8, 4) is 0 Å². The first kappa shape index (κ1) is 18.8. The highest BCUT2D eigenvalue weighted by atomic mass is 19.1. The summed E-state index contributed by atoms with van der Waals surface area (Å²) in [7, 11) is 0. The first-order valence-electron chi connectivity index (χ1n) is 8.69. The predicted octanol–water partition coefficient (Wildman–Crippen LogP) is 1.75. The van der Waals surface area contributed by atoms with Crippen LogP contribution >= 0.6 is 0 Å². The summed E-state index contributed by atoms with van der Waals surface area (Å²) in [5.74, 6) is -0.789. The summed E-state index contributed by atoms with van der Waals surface area (Å²) in [5.41, 5.74) is 1.42. The Morgan fingerprint density at radius 3 is 2.37 bits per heavy atom. The fourth-order valence-electron chi connectivity index (χ4n) is 2.94. The Hall–Kier alpha value is -3.00. The summed E-state index contributed by atoms with van der Waals surface area (Å²) in [6, 6.07) is 7.16. The molecule has 3 rings (SSSR count). The normalized spacial score (nSPS) is 14.8. The van der Waals surface area contributed by atoms with E-state index in [1.165, 1.54) is 37.4 Å². The molecule has 0 radical (unpaired) electrons. The van der Waals surface area contributed by atoms with Gasteiger partial charge >= 0.3 is 0 Å². The number of anilines is 1. The number of benzene rings is 1. The van der Waals surface area contributed by atoms with Crippen molar-refractivity contribution in [3.05, 3.63) is 53.6 Å². The average Bonchev–Trinajstić information content (AvgIpc) is 3.14. The van der Waals surface area contributed by atoms with E-state index < -0.39 is 0 Å². The second kappa shape index (κ2) is 8.13. The van der Waals surface area contributed by atoms with Gasteiger partial charge in [-0.25, -0.2) is 4.39 Å². The maximum atomic E-state index is 12.9. The van der Waals surface area contributed by atoms with E-state index in [4.69, 9.17) is 0 Å². The average molecular weight is 372 g/mol. The Balaban J connectivity index is 1.48. The molecule has 1 aromatic carbocycles. The lowest BCUT2D eigenvalue weighted by Gasteiger charge is -2.34. The zero-order valence-electron chi connectivity index (χ0n) is 15.0. The molecule has 1 fully saturated rings. The van der Waals surface area contributed by atoms with Crippen LogP contribution in [-0.4, -0.2) is 65.1 Å². The molecule has 27 heavy (non-hydrogen) atoms. The molecule has 0 atom stereocenters. The van der Waals surface area contributed by atoms with Gasteiger partial charge in [-0.15, -0.1) is 0 Å². The number of aromatic nitrogens is 1. The van der Waals surface area contributed by atoms with E-state index in [-0.39, 0.29) is 30.0 Å². The number of hydrogen-bond donors (Lipinski definition) is 2. The fraction of sp³-hybridized carbons (Fsp3) is 0.316. The molecule has 1 aliphatic rings. The zero-order valence-corrected chi connectivity index (χ0v) is 15.0. The van der Waals surface area contributed by atoms with Crippen LogP contribution in [0.25, 0.3) is 0 Å². The number of amides is 2. The molecule has 2 N–H and O–H groups in total. The Morgan fingerprint density at radius 2 is 1.78 bits per heavy atom. The van der Waals surface area contributed by atoms with Crippen LogP contribution in [0.2, 0.25) is 0 Å². The van der Waals surface area contributed by atoms with Crippen molar-refractivity contribution in [1.82, 2.24) is 14.8 Å². The van der Waals surface area contributed by atoms with Gasteiger partial charge in [0.1, 0.15) is 11.5 Å². The van der Waals surface area contributed by atoms with Crippen molar-refractivity contribution >= 4 is 23.3 Å². The van der Waals surface area contributed by atoms with Crippen LogP contribution in [0, 0.1) is 5.82 Å². The zero-order chi connectivity index (χ0) is 19.4. The molecule has 0 bridgehead atoms. The minimum atomic E-state index is -0.355. The van der Waals surface area contributed by atoms with Crippen LogP contribution < -0.4 is 5.32 Å². The van der Waals surface area contributed by atoms with Crippen LogP contribution in [0.5, 0.6) is 0 Å². The molecule has 1 aliphatic heterocycles. The first-order valence-corrected chi connectivity index (χ1v) is 8.69. The van der Waals surface area contributed by atoms with Gasteiger partial charge in [-0.2, -0.15) is 0 Å². The molecule has 0 saturated carbocycles. The second-order valence-corrected chi connectivity index (χ2v) is 6.48. The molecular formula is C19H21FN4O3. The maximum absolute atomic E-state index is 12.9. The minimum absolute atomic E-state index is 0.0951. The highest BCUT2D eigenvalue weighted by molar-refractivity contribution is 5.99. The summed E-state index contributed by atoms with van der Waals surface area (Å²) >= 11 is 0. The second-order valence-electron chi connectivity index (χ2n) is 6.48. The lowest BCUT2D eigenvalue weighted by atomic mass is 10.2. The molecule has 0 aliphatic carbocycles. The third-order valence-electron chi connectivity index (χ3n) is 4.47. The van der Waals surface area contributed by atoms with Gasteiger partial charge < -0.3 is 15.2 Å². The highest BCUT2D eigenvalue weighted by Gasteiger charge is 2.24. The van der Waals surface area contributed by atoms with Crippen LogP contribution in [0.3, 0.4) is 0 Å². The Morgan fingerprint density at radius 1 is 1.11 bits per heavy atom. The van der Waals surface area contributed by atoms with E-state index in [9.17, 15) is 18.8 Å². The van der Waals surface area contributed by atoms with Crippen LogP contribution in [0.15, 0.2) is 36.5 Å². The number of aromatic amines is 1. The van der Waals surface area contributed by atoms with E-state index in [1.807, 2.05) is 4.90 Å². The summed E-state index contributed by atoms with van der Waals surface area (Å²) in [6.07, 6.45) is 1.53. The standard InChI is InChI=1S/C19H21FN4O3/c1-13(25)14-10-17(21-11-14)19(27)24-8-6-23(7-9-24)12-18(26)22-16-4-2-15(20)3-5-16/h2-5,10-11,21H,6-9,12H2,1H3,(H,22,26). The number of H-pyrrole nitrogens is 1. The van der Waals surface area contributed by atoms with Gasteiger partial charge in [0.25, 0.3) is 5.91 Å². The van der Waals surface area contributed by atoms with E-state index >= 15 is 0 Å². The topological polar surface area (TPSA) is 85.5 Å². The monoisotopic (exact) mass is 372 g/mol. The van der Waals surface area contributed by atoms with Crippen molar-refractivity contribution in [2.45, 2.75) is 6.92 Å². The molecule has 1 aromatic heterocycles. The van der Waals surface area contributed by atoms with Crippen LogP contribution in [0.4, 0.5) is 10.1 Å². The fourth-order valence-corrected chi connectivity index (χ4v) is 2.94. The molecule has 1 saturated heterocycles. The molecule has 142 valence electrons. The Labute approximate surface area is 156 Å². The summed E-state index contributed by atoms with van der Waals surface area (Å²) < 4.78 is 12.9. The summed E-state index contributed by atoms with van der Waals surface area (Å²) in [4.78, 5) is 42.4. The molecular weight excluding hydrogens is 351 g/mol. The third kappa shape index (κ3) is 4.79. The van der Waals surface area contributed by atoms with Crippen molar-refractivity contribution in [3.63, 3.8) is 0 Å². The molecule has 0 unspecified atom stereocenters. The third-order valence-corrected chi connectivity index (χ3v) is 4.47. The summed E-state index contributed by atoms with van der Waals surface area (Å²) in [6.45, 7) is 3.80. The van der Waals surface area contributed by atoms with Gasteiger partial charge in [-0.3, -0.25) is 19.3 Å². The van der Waals surface area contributed by atoms with Gasteiger partial charge in [0.15, 0.2) is 5.78 Å². The predicted molar refractivity (Wildman–Crippen MR) is 98.2 cm³/mol. The number of carbonyl (C=O) groups is 3. The van der Waals surface area contributed by atoms with Crippen molar-refractivity contribution in [1.29, 1.82) is 0 Å². The van der Waals surface area contributed by atoms with Crippen molar-refractivity contribution in [2.24, 2.45) is 0 Å². The number of Topliss-reactive ketones (excluding diaryl/α,β-unsaturated/α-hetero) is 1. The number of carbonyl (C=O) groups excluding carboxylic acids is 3. The van der Waals surface area contributed by atoms with E-state index in [1.54, 1.807) is 11.0 Å². The van der Waals surface area contributed by atoms with Gasteiger partial charge in [0, 0.05) is 43.6 Å². The number of halogens is 1.